The Balaban J connectivity index is 3.56. The summed E-state index contributed by atoms with van der Waals surface area (Å²) in [7, 11) is 0. The van der Waals surface area contributed by atoms with Crippen LogP contribution in [0.25, 0.3) is 0 Å². The van der Waals surface area contributed by atoms with Crippen LogP contribution in [0.4, 0.5) is 0 Å². The van der Waals surface area contributed by atoms with Gasteiger partial charge in [0.15, 0.2) is 0 Å². The van der Waals surface area contributed by atoms with E-state index in [-0.39, 0.29) is 24.8 Å². The average Bonchev–Trinajstić information content (AvgIpc) is 2.19. The maximum Gasteiger partial charge on any atom is 0.307 e. The van der Waals surface area contributed by atoms with Gasteiger partial charge in [-0.15, -0.1) is 0 Å². The summed E-state index contributed by atoms with van der Waals surface area (Å²) in [5.41, 5.74) is -0.453. The first kappa shape index (κ1) is 16.9. The molecule has 0 radical (unpaired) electrons. The van der Waals surface area contributed by atoms with Gasteiger partial charge in [-0.1, -0.05) is 13.8 Å². The van der Waals surface area contributed by atoms with Crippen LogP contribution in [0.5, 0.6) is 0 Å². The Hall–Kier alpha value is -1.10. The average molecular weight is 258 g/mol. The maximum absolute atomic E-state index is 11.4. The molecular formula is C13H26N2O3. The van der Waals surface area contributed by atoms with E-state index in [1.807, 2.05) is 34.6 Å². The molecule has 0 unspecified atom stereocenters. The molecule has 0 saturated heterocycles. The lowest BCUT2D eigenvalue weighted by Crippen LogP contribution is -2.36. The molecule has 0 fully saturated rings. The van der Waals surface area contributed by atoms with Crippen LogP contribution in [0.2, 0.25) is 0 Å². The quantitative estimate of drug-likeness (QED) is 0.530. The normalized spacial score (nSPS) is 11.4. The van der Waals surface area contributed by atoms with Crippen LogP contribution < -0.4 is 10.6 Å². The van der Waals surface area contributed by atoms with E-state index in [0.717, 1.165) is 0 Å². The first-order valence-electron chi connectivity index (χ1n) is 6.40. The van der Waals surface area contributed by atoms with Gasteiger partial charge in [0.2, 0.25) is 5.91 Å². The molecule has 0 heterocycles. The zero-order valence-electron chi connectivity index (χ0n) is 12.1. The van der Waals surface area contributed by atoms with Crippen molar-refractivity contribution in [2.75, 3.05) is 19.6 Å². The Bertz CT molecular complexity index is 270. The van der Waals surface area contributed by atoms with Crippen molar-refractivity contribution in [3.8, 4) is 0 Å². The second-order valence-electron chi connectivity index (χ2n) is 5.71. The number of carbonyl (C=O) groups is 2. The van der Waals surface area contributed by atoms with E-state index in [1.165, 1.54) is 0 Å². The molecule has 5 nitrogen and oxygen atoms in total. The summed E-state index contributed by atoms with van der Waals surface area (Å²) in [5.74, 6) is 0.140. The second kappa shape index (κ2) is 8.08. The molecule has 0 spiro atoms. The van der Waals surface area contributed by atoms with Crippen molar-refractivity contribution in [1.29, 1.82) is 0 Å². The van der Waals surface area contributed by atoms with Crippen LogP contribution in [0.3, 0.4) is 0 Å². The first-order valence-corrected chi connectivity index (χ1v) is 6.40. The molecule has 1 amide bonds. The highest BCUT2D eigenvalue weighted by Gasteiger charge is 2.15. The lowest BCUT2D eigenvalue weighted by Gasteiger charge is -2.19. The minimum absolute atomic E-state index is 0.0483. The second-order valence-corrected chi connectivity index (χ2v) is 5.71. The summed E-state index contributed by atoms with van der Waals surface area (Å²) in [5, 5.41) is 5.70. The van der Waals surface area contributed by atoms with Gasteiger partial charge in [-0.3, -0.25) is 9.59 Å². The third kappa shape index (κ3) is 11.4. The predicted octanol–water partition coefficient (Wildman–Crippen LogP) is 1.08. The van der Waals surface area contributed by atoms with Gasteiger partial charge in [0, 0.05) is 13.1 Å². The fraction of sp³-hybridized carbons (Fsp3) is 0.846. The summed E-state index contributed by atoms with van der Waals surface area (Å²) in [6.45, 7) is 10.9. The zero-order chi connectivity index (χ0) is 14.2. The van der Waals surface area contributed by atoms with Crippen molar-refractivity contribution in [3.05, 3.63) is 0 Å². The van der Waals surface area contributed by atoms with Crippen LogP contribution >= 0.6 is 0 Å². The number of hydrogen-bond acceptors (Lipinski definition) is 4. The molecule has 0 aromatic heterocycles. The monoisotopic (exact) mass is 258 g/mol. The molecule has 0 aliphatic carbocycles. The van der Waals surface area contributed by atoms with E-state index in [9.17, 15) is 9.59 Å². The standard InChI is InChI=1S/C13H26N2O3/c1-10(2)8-15-11(16)9-14-7-6-12(17)18-13(3,4)5/h10,14H,6-9H2,1-5H3,(H,15,16). The van der Waals surface area contributed by atoms with Gasteiger partial charge in [-0.2, -0.15) is 0 Å². The summed E-state index contributed by atoms with van der Waals surface area (Å²) in [4.78, 5) is 22.7. The van der Waals surface area contributed by atoms with Gasteiger partial charge in [0.05, 0.1) is 13.0 Å². The van der Waals surface area contributed by atoms with Gasteiger partial charge in [0.1, 0.15) is 5.60 Å². The Morgan fingerprint density at radius 1 is 1.22 bits per heavy atom. The third-order valence-corrected chi connectivity index (χ3v) is 1.92. The van der Waals surface area contributed by atoms with Crippen LogP contribution in [0.1, 0.15) is 41.0 Å². The number of ether oxygens (including phenoxy) is 1. The van der Waals surface area contributed by atoms with Crippen molar-refractivity contribution in [1.82, 2.24) is 10.6 Å². The van der Waals surface area contributed by atoms with Crippen molar-refractivity contribution < 1.29 is 14.3 Å². The Kier molecular flexibility index (Phi) is 7.59. The van der Waals surface area contributed by atoms with E-state index in [0.29, 0.717) is 19.0 Å². The van der Waals surface area contributed by atoms with Crippen LogP contribution in [-0.2, 0) is 14.3 Å². The summed E-state index contributed by atoms with van der Waals surface area (Å²) < 4.78 is 5.14. The SMILES string of the molecule is CC(C)CNC(=O)CNCCC(=O)OC(C)(C)C. The Morgan fingerprint density at radius 3 is 2.33 bits per heavy atom. The van der Waals surface area contributed by atoms with Crippen LogP contribution in [0, 0.1) is 5.92 Å². The fourth-order valence-electron chi connectivity index (χ4n) is 1.17. The smallest absolute Gasteiger partial charge is 0.307 e. The molecule has 0 saturated carbocycles. The zero-order valence-corrected chi connectivity index (χ0v) is 12.1. The molecule has 5 heteroatoms. The van der Waals surface area contributed by atoms with Crippen molar-refractivity contribution >= 4 is 11.9 Å². The lowest BCUT2D eigenvalue weighted by atomic mass is 10.2. The summed E-state index contributed by atoms with van der Waals surface area (Å²) >= 11 is 0. The molecule has 0 aromatic rings. The molecule has 0 rings (SSSR count). The predicted molar refractivity (Wildman–Crippen MR) is 71.2 cm³/mol. The van der Waals surface area contributed by atoms with E-state index >= 15 is 0 Å². The number of rotatable bonds is 7. The highest BCUT2D eigenvalue weighted by molar-refractivity contribution is 5.78. The van der Waals surface area contributed by atoms with E-state index < -0.39 is 5.60 Å². The molecule has 0 aliphatic heterocycles. The van der Waals surface area contributed by atoms with E-state index in [1.54, 1.807) is 0 Å². The Labute approximate surface area is 110 Å². The maximum atomic E-state index is 11.4. The lowest BCUT2D eigenvalue weighted by molar-refractivity contribution is -0.154. The minimum atomic E-state index is -0.453. The van der Waals surface area contributed by atoms with E-state index in [4.69, 9.17) is 4.74 Å². The largest absolute Gasteiger partial charge is 0.460 e. The molecule has 0 atom stereocenters. The van der Waals surface area contributed by atoms with Gasteiger partial charge in [0.25, 0.3) is 0 Å². The molecule has 106 valence electrons. The van der Waals surface area contributed by atoms with Gasteiger partial charge < -0.3 is 15.4 Å². The number of hydrogen-bond donors (Lipinski definition) is 2. The fourth-order valence-corrected chi connectivity index (χ4v) is 1.17. The topological polar surface area (TPSA) is 67.4 Å². The number of esters is 1. The highest BCUT2D eigenvalue weighted by Crippen LogP contribution is 2.07. The van der Waals surface area contributed by atoms with Gasteiger partial charge in [-0.05, 0) is 26.7 Å². The molecule has 18 heavy (non-hydrogen) atoms. The number of amides is 1. The number of nitrogens with one attached hydrogen (secondary N) is 2. The summed E-state index contributed by atoms with van der Waals surface area (Å²) in [6.07, 6.45) is 0.273. The molecule has 0 aliphatic rings. The summed E-state index contributed by atoms with van der Waals surface area (Å²) in [6, 6.07) is 0. The first-order chi connectivity index (χ1) is 8.20. The van der Waals surface area contributed by atoms with Crippen LogP contribution in [-0.4, -0.2) is 37.1 Å². The molecule has 0 bridgehead atoms. The molecular weight excluding hydrogens is 232 g/mol. The molecule has 0 aromatic carbocycles. The number of carbonyl (C=O) groups excluding carboxylic acids is 2. The van der Waals surface area contributed by atoms with Crippen molar-refractivity contribution in [3.63, 3.8) is 0 Å². The third-order valence-electron chi connectivity index (χ3n) is 1.92. The van der Waals surface area contributed by atoms with Crippen molar-refractivity contribution in [2.24, 2.45) is 5.92 Å². The minimum Gasteiger partial charge on any atom is -0.460 e. The highest BCUT2D eigenvalue weighted by atomic mass is 16.6. The Morgan fingerprint density at radius 2 is 1.83 bits per heavy atom. The van der Waals surface area contributed by atoms with E-state index in [2.05, 4.69) is 10.6 Å². The van der Waals surface area contributed by atoms with Gasteiger partial charge in [-0.25, -0.2) is 0 Å². The van der Waals surface area contributed by atoms with Gasteiger partial charge >= 0.3 is 5.97 Å². The van der Waals surface area contributed by atoms with Crippen molar-refractivity contribution in [2.45, 2.75) is 46.6 Å². The van der Waals surface area contributed by atoms with Crippen LogP contribution in [0.15, 0.2) is 0 Å². The molecule has 2 N–H and O–H groups in total.